The average Bonchev–Trinajstić information content (AvgIpc) is 3.18. The molecular formula is C21H26N4O3. The number of hydrogen-bond acceptors (Lipinski definition) is 6. The summed E-state index contributed by atoms with van der Waals surface area (Å²) in [4.78, 5) is 17.0. The Morgan fingerprint density at radius 3 is 2.46 bits per heavy atom. The molecule has 0 aliphatic carbocycles. The third kappa shape index (κ3) is 4.55. The maximum absolute atomic E-state index is 12.1. The van der Waals surface area contributed by atoms with Gasteiger partial charge < -0.3 is 20.5 Å². The first-order chi connectivity index (χ1) is 13.7. The second kappa shape index (κ2) is 8.50. The lowest BCUT2D eigenvalue weighted by Gasteiger charge is -2.34. The van der Waals surface area contributed by atoms with E-state index in [1.807, 2.05) is 6.07 Å². The van der Waals surface area contributed by atoms with Gasteiger partial charge in [-0.15, -0.1) is 0 Å². The number of fused-ring (bicyclic) bond motifs is 1. The van der Waals surface area contributed by atoms with Gasteiger partial charge in [-0.3, -0.25) is 14.6 Å². The highest BCUT2D eigenvalue weighted by Gasteiger charge is 2.19. The highest BCUT2D eigenvalue weighted by Crippen LogP contribution is 2.32. The summed E-state index contributed by atoms with van der Waals surface area (Å²) in [6.45, 7) is 6.76. The first-order valence-electron chi connectivity index (χ1n) is 9.64. The lowest BCUT2D eigenvalue weighted by atomic mass is 10.1. The second-order valence-corrected chi connectivity index (χ2v) is 7.18. The summed E-state index contributed by atoms with van der Waals surface area (Å²) >= 11 is 0. The van der Waals surface area contributed by atoms with E-state index in [2.05, 4.69) is 27.2 Å². The van der Waals surface area contributed by atoms with Crippen LogP contribution in [0.3, 0.4) is 0 Å². The van der Waals surface area contributed by atoms with E-state index < -0.39 is 0 Å². The average molecular weight is 382 g/mol. The Morgan fingerprint density at radius 2 is 1.68 bits per heavy atom. The van der Waals surface area contributed by atoms with Gasteiger partial charge in [0.25, 0.3) is 5.91 Å². The second-order valence-electron chi connectivity index (χ2n) is 7.18. The number of ether oxygens (including phenoxy) is 2. The van der Waals surface area contributed by atoms with Crippen LogP contribution in [0.25, 0.3) is 0 Å². The van der Waals surface area contributed by atoms with Gasteiger partial charge in [0, 0.05) is 57.1 Å². The number of piperazine rings is 1. The van der Waals surface area contributed by atoms with Gasteiger partial charge in [-0.25, -0.2) is 0 Å². The largest absolute Gasteiger partial charge is 0.454 e. The van der Waals surface area contributed by atoms with Gasteiger partial charge >= 0.3 is 0 Å². The highest BCUT2D eigenvalue weighted by atomic mass is 16.7. The smallest absolute Gasteiger partial charge is 0.251 e. The first kappa shape index (κ1) is 18.6. The molecule has 0 saturated carbocycles. The number of nitrogens with one attached hydrogen (secondary N) is 1. The van der Waals surface area contributed by atoms with Crippen LogP contribution in [0.4, 0.5) is 5.69 Å². The quantitative estimate of drug-likeness (QED) is 0.738. The van der Waals surface area contributed by atoms with Crippen molar-refractivity contribution in [2.45, 2.75) is 6.54 Å². The normalized spacial score (nSPS) is 16.9. The molecule has 7 heteroatoms. The fraction of sp³-hybridized carbons (Fsp3) is 0.381. The van der Waals surface area contributed by atoms with Crippen LogP contribution in [-0.4, -0.2) is 61.8 Å². The van der Waals surface area contributed by atoms with Crippen molar-refractivity contribution < 1.29 is 14.3 Å². The molecular weight excluding hydrogens is 356 g/mol. The van der Waals surface area contributed by atoms with E-state index >= 15 is 0 Å². The molecule has 28 heavy (non-hydrogen) atoms. The fourth-order valence-electron chi connectivity index (χ4n) is 3.53. The molecule has 148 valence electrons. The molecule has 2 aromatic rings. The standard InChI is InChI=1S/C21H26N4O3/c22-18-4-2-17(3-5-18)21(26)23-7-8-24-9-11-25(12-10-24)14-16-1-6-19-20(13-16)28-15-27-19/h1-6,13H,7-12,14-15,22H2,(H,23,26). The molecule has 0 radical (unpaired) electrons. The van der Waals surface area contributed by atoms with Crippen molar-refractivity contribution in [3.8, 4) is 11.5 Å². The van der Waals surface area contributed by atoms with Crippen molar-refractivity contribution in [3.05, 3.63) is 53.6 Å². The number of amides is 1. The van der Waals surface area contributed by atoms with Crippen LogP contribution in [-0.2, 0) is 6.54 Å². The summed E-state index contributed by atoms with van der Waals surface area (Å²) in [6, 6.07) is 13.1. The van der Waals surface area contributed by atoms with Gasteiger partial charge in [0.15, 0.2) is 11.5 Å². The molecule has 1 fully saturated rings. The fourth-order valence-corrected chi connectivity index (χ4v) is 3.53. The van der Waals surface area contributed by atoms with Crippen molar-refractivity contribution >= 4 is 11.6 Å². The molecule has 0 bridgehead atoms. The molecule has 3 N–H and O–H groups in total. The third-order valence-electron chi connectivity index (χ3n) is 5.19. The van der Waals surface area contributed by atoms with Crippen molar-refractivity contribution in [2.24, 2.45) is 0 Å². The Bertz CT molecular complexity index is 817. The van der Waals surface area contributed by atoms with Crippen LogP contribution >= 0.6 is 0 Å². The van der Waals surface area contributed by atoms with Crippen molar-refractivity contribution in [2.75, 3.05) is 51.8 Å². The predicted octanol–water partition coefficient (Wildman–Crippen LogP) is 1.55. The van der Waals surface area contributed by atoms with Gasteiger partial charge in [0.2, 0.25) is 6.79 Å². The van der Waals surface area contributed by atoms with E-state index in [1.165, 1.54) is 5.56 Å². The van der Waals surface area contributed by atoms with Gasteiger partial charge in [-0.1, -0.05) is 6.07 Å². The number of nitrogens with zero attached hydrogens (tertiary/aromatic N) is 2. The Labute approximate surface area is 165 Å². The molecule has 0 atom stereocenters. The molecule has 2 aliphatic rings. The first-order valence-corrected chi connectivity index (χ1v) is 9.64. The Morgan fingerprint density at radius 1 is 0.964 bits per heavy atom. The van der Waals surface area contributed by atoms with Crippen LogP contribution in [0.5, 0.6) is 11.5 Å². The van der Waals surface area contributed by atoms with E-state index in [1.54, 1.807) is 24.3 Å². The molecule has 2 aromatic carbocycles. The summed E-state index contributed by atoms with van der Waals surface area (Å²) in [5, 5.41) is 2.98. The minimum atomic E-state index is -0.0542. The third-order valence-corrected chi connectivity index (χ3v) is 5.19. The van der Waals surface area contributed by atoms with Crippen LogP contribution in [0.2, 0.25) is 0 Å². The molecule has 0 unspecified atom stereocenters. The Balaban J connectivity index is 1.17. The molecule has 0 spiro atoms. The summed E-state index contributed by atoms with van der Waals surface area (Å²) in [7, 11) is 0. The molecule has 7 nitrogen and oxygen atoms in total. The predicted molar refractivity (Wildman–Crippen MR) is 107 cm³/mol. The number of nitrogen functional groups attached to an aromatic ring is 1. The van der Waals surface area contributed by atoms with Crippen molar-refractivity contribution in [1.29, 1.82) is 0 Å². The summed E-state index contributed by atoms with van der Waals surface area (Å²) < 4.78 is 10.8. The van der Waals surface area contributed by atoms with Crippen molar-refractivity contribution in [1.82, 2.24) is 15.1 Å². The number of anilines is 1. The van der Waals surface area contributed by atoms with E-state index in [0.29, 0.717) is 24.6 Å². The molecule has 2 heterocycles. The lowest BCUT2D eigenvalue weighted by Crippen LogP contribution is -2.48. The minimum Gasteiger partial charge on any atom is -0.454 e. The zero-order chi connectivity index (χ0) is 19.3. The SMILES string of the molecule is Nc1ccc(C(=O)NCCN2CCN(Cc3ccc4c(c3)OCO4)CC2)cc1. The zero-order valence-electron chi connectivity index (χ0n) is 15.9. The topological polar surface area (TPSA) is 80.1 Å². The van der Waals surface area contributed by atoms with Gasteiger partial charge in [0.05, 0.1) is 0 Å². The lowest BCUT2D eigenvalue weighted by molar-refractivity contribution is 0.0934. The minimum absolute atomic E-state index is 0.0542. The number of nitrogens with two attached hydrogens (primary N) is 1. The Kier molecular flexibility index (Phi) is 5.64. The van der Waals surface area contributed by atoms with Crippen LogP contribution in [0.1, 0.15) is 15.9 Å². The summed E-state index contributed by atoms with van der Waals surface area (Å²) in [5.74, 6) is 1.61. The molecule has 2 aliphatic heterocycles. The monoisotopic (exact) mass is 382 g/mol. The van der Waals surface area contributed by atoms with Crippen LogP contribution in [0, 0.1) is 0 Å². The van der Waals surface area contributed by atoms with E-state index in [-0.39, 0.29) is 5.91 Å². The number of hydrogen-bond donors (Lipinski definition) is 2. The van der Waals surface area contributed by atoms with E-state index in [4.69, 9.17) is 15.2 Å². The maximum atomic E-state index is 12.1. The molecule has 0 aromatic heterocycles. The Hall–Kier alpha value is -2.77. The number of carbonyl (C=O) groups is 1. The summed E-state index contributed by atoms with van der Waals surface area (Å²) in [6.07, 6.45) is 0. The molecule has 4 rings (SSSR count). The number of rotatable bonds is 6. The van der Waals surface area contributed by atoms with Crippen LogP contribution < -0.4 is 20.5 Å². The molecule has 1 amide bonds. The highest BCUT2D eigenvalue weighted by molar-refractivity contribution is 5.94. The number of benzene rings is 2. The summed E-state index contributed by atoms with van der Waals surface area (Å²) in [5.41, 5.74) is 8.20. The molecule has 1 saturated heterocycles. The number of carbonyl (C=O) groups excluding carboxylic acids is 1. The van der Waals surface area contributed by atoms with Crippen molar-refractivity contribution in [3.63, 3.8) is 0 Å². The van der Waals surface area contributed by atoms with E-state index in [0.717, 1.165) is 50.8 Å². The van der Waals surface area contributed by atoms with Gasteiger partial charge in [-0.05, 0) is 42.0 Å². The maximum Gasteiger partial charge on any atom is 0.251 e. The zero-order valence-corrected chi connectivity index (χ0v) is 15.9. The van der Waals surface area contributed by atoms with E-state index in [9.17, 15) is 4.79 Å². The van der Waals surface area contributed by atoms with Gasteiger partial charge in [0.1, 0.15) is 0 Å². The van der Waals surface area contributed by atoms with Gasteiger partial charge in [-0.2, -0.15) is 0 Å². The van der Waals surface area contributed by atoms with Crippen LogP contribution in [0.15, 0.2) is 42.5 Å².